The average molecular weight is 339 g/mol. The number of rotatable bonds is 4. The summed E-state index contributed by atoms with van der Waals surface area (Å²) < 4.78 is 1.50. The number of amides is 1. The van der Waals surface area contributed by atoms with Crippen molar-refractivity contribution < 1.29 is 9.90 Å². The van der Waals surface area contributed by atoms with Gasteiger partial charge in [0.2, 0.25) is 0 Å². The lowest BCUT2D eigenvalue weighted by atomic mass is 9.78. The Hall–Kier alpha value is -3.15. The van der Waals surface area contributed by atoms with E-state index in [-0.39, 0.29) is 17.2 Å². The Kier molecular flexibility index (Phi) is 3.35. The van der Waals surface area contributed by atoms with Gasteiger partial charge in [-0.05, 0) is 31.6 Å². The summed E-state index contributed by atoms with van der Waals surface area (Å²) in [5.41, 5.74) is 6.67. The van der Waals surface area contributed by atoms with Gasteiger partial charge in [-0.25, -0.2) is 19.7 Å². The van der Waals surface area contributed by atoms with Crippen LogP contribution in [0.3, 0.4) is 0 Å². The molecule has 0 aliphatic heterocycles. The van der Waals surface area contributed by atoms with Crippen LogP contribution in [-0.4, -0.2) is 42.1 Å². The van der Waals surface area contributed by atoms with E-state index in [1.807, 2.05) is 0 Å². The molecule has 0 saturated heterocycles. The van der Waals surface area contributed by atoms with E-state index in [9.17, 15) is 4.79 Å². The van der Waals surface area contributed by atoms with Gasteiger partial charge in [0.05, 0.1) is 0 Å². The highest BCUT2D eigenvalue weighted by Gasteiger charge is 2.51. The summed E-state index contributed by atoms with van der Waals surface area (Å²) in [4.78, 5) is 26.8. The van der Waals surface area contributed by atoms with Crippen LogP contribution in [0.1, 0.15) is 37.9 Å². The van der Waals surface area contributed by atoms with E-state index >= 15 is 0 Å². The Morgan fingerprint density at radius 3 is 2.80 bits per heavy atom. The van der Waals surface area contributed by atoms with Crippen LogP contribution < -0.4 is 11.1 Å². The molecule has 2 heterocycles. The number of hydrogen-bond donors (Lipinski definition) is 3. The molecular weight excluding hydrogens is 322 g/mol. The number of fused-ring (bicyclic) bond motifs is 1. The highest BCUT2D eigenvalue weighted by molar-refractivity contribution is 6.01. The molecule has 2 aromatic heterocycles. The molecule has 2 fully saturated rings. The van der Waals surface area contributed by atoms with Crippen molar-refractivity contribution in [3.63, 3.8) is 0 Å². The van der Waals surface area contributed by atoms with Crippen LogP contribution in [0.15, 0.2) is 11.3 Å². The summed E-state index contributed by atoms with van der Waals surface area (Å²) in [5.74, 6) is 0.877. The Bertz CT molecular complexity index is 932. The summed E-state index contributed by atoms with van der Waals surface area (Å²) in [6, 6.07) is 2.51. The zero-order chi connectivity index (χ0) is 17.6. The molecule has 25 heavy (non-hydrogen) atoms. The lowest BCUT2D eigenvalue weighted by Crippen LogP contribution is -2.36. The highest BCUT2D eigenvalue weighted by atomic mass is 16.4. The summed E-state index contributed by atoms with van der Waals surface area (Å²) in [7, 11) is 0. The molecule has 9 nitrogen and oxygen atoms in total. The maximum absolute atomic E-state index is 10.8. The van der Waals surface area contributed by atoms with Gasteiger partial charge >= 0.3 is 6.09 Å². The number of aliphatic imine (C=N–C) groups is 1. The zero-order valence-electron chi connectivity index (χ0n) is 13.4. The largest absolute Gasteiger partial charge is 0.463 e. The van der Waals surface area contributed by atoms with Crippen LogP contribution in [0.4, 0.5) is 10.6 Å². The molecule has 2 aromatic rings. The van der Waals surface area contributed by atoms with Crippen molar-refractivity contribution >= 4 is 28.9 Å². The Labute approximate surface area is 143 Å². The van der Waals surface area contributed by atoms with Crippen molar-refractivity contribution in [1.82, 2.24) is 19.5 Å². The number of carbonyl (C=O) groups is 1. The molecule has 0 bridgehead atoms. The number of imidazole rings is 1. The number of nitrogens with zero attached hydrogens (tertiary/aromatic N) is 5. The monoisotopic (exact) mass is 339 g/mol. The maximum atomic E-state index is 10.8. The second-order valence-electron chi connectivity index (χ2n) is 6.50. The van der Waals surface area contributed by atoms with E-state index in [1.165, 1.54) is 30.2 Å². The minimum Gasteiger partial charge on any atom is -0.463 e. The van der Waals surface area contributed by atoms with Gasteiger partial charge in [0.15, 0.2) is 23.1 Å². The molecule has 9 heteroatoms. The first-order valence-electron chi connectivity index (χ1n) is 8.10. The number of terminal acetylenes is 1. The number of nitrogens with two attached hydrogens (primary N) is 1. The third kappa shape index (κ3) is 2.55. The molecule has 2 aliphatic rings. The number of carboxylic acid groups (broad SMARTS) is 1. The predicted octanol–water partition coefficient (Wildman–Crippen LogP) is 1.39. The number of nitrogens with one attached hydrogen (secondary N) is 1. The molecule has 0 unspecified atom stereocenters. The maximum Gasteiger partial charge on any atom is 0.433 e. The van der Waals surface area contributed by atoms with Crippen molar-refractivity contribution in [1.29, 1.82) is 0 Å². The van der Waals surface area contributed by atoms with Crippen LogP contribution in [-0.2, 0) is 0 Å². The van der Waals surface area contributed by atoms with E-state index in [2.05, 4.69) is 31.3 Å². The second-order valence-corrected chi connectivity index (χ2v) is 6.50. The number of aromatic nitrogens is 4. The van der Waals surface area contributed by atoms with E-state index in [0.717, 1.165) is 12.8 Å². The summed E-state index contributed by atoms with van der Waals surface area (Å²) in [6.07, 6.45) is 11.4. The first-order chi connectivity index (χ1) is 12.0. The third-order valence-electron chi connectivity index (χ3n) is 5.03. The van der Waals surface area contributed by atoms with E-state index < -0.39 is 6.09 Å². The van der Waals surface area contributed by atoms with Gasteiger partial charge in [-0.2, -0.15) is 4.99 Å². The molecular formula is C16H17N7O2. The molecule has 2 saturated carbocycles. The van der Waals surface area contributed by atoms with E-state index in [4.69, 9.17) is 17.3 Å². The fourth-order valence-electron chi connectivity index (χ4n) is 3.34. The minimum absolute atomic E-state index is 0.0177. The molecule has 0 atom stereocenters. The van der Waals surface area contributed by atoms with Gasteiger partial charge in [-0.15, -0.1) is 0 Å². The molecule has 1 amide bonds. The topological polar surface area (TPSA) is 131 Å². The first-order valence-corrected chi connectivity index (χ1v) is 8.10. The van der Waals surface area contributed by atoms with E-state index in [0.29, 0.717) is 22.9 Å². The molecule has 0 radical (unpaired) electrons. The SMILES string of the molecule is C#Cn1cnc2nc(/C(N)=N/C(=O)O)nc(NC3(C4CCC4)CC3)c21. The minimum atomic E-state index is -1.40. The van der Waals surface area contributed by atoms with Gasteiger partial charge in [-0.1, -0.05) is 12.8 Å². The summed E-state index contributed by atoms with van der Waals surface area (Å²) >= 11 is 0. The molecule has 4 N–H and O–H groups in total. The first kappa shape index (κ1) is 15.4. The Morgan fingerprint density at radius 2 is 2.24 bits per heavy atom. The Balaban J connectivity index is 1.81. The van der Waals surface area contributed by atoms with Crippen molar-refractivity contribution in [2.24, 2.45) is 16.6 Å². The van der Waals surface area contributed by atoms with Gasteiger partial charge in [0.25, 0.3) is 0 Å². The van der Waals surface area contributed by atoms with E-state index in [1.54, 1.807) is 0 Å². The van der Waals surface area contributed by atoms with Gasteiger partial charge in [-0.3, -0.25) is 4.57 Å². The van der Waals surface area contributed by atoms with Crippen LogP contribution in [0, 0.1) is 18.4 Å². The number of amidine groups is 1. The molecule has 4 rings (SSSR count). The molecule has 128 valence electrons. The van der Waals surface area contributed by atoms with Crippen molar-refractivity contribution in [3.8, 4) is 12.5 Å². The lowest BCUT2D eigenvalue weighted by Gasteiger charge is -2.35. The lowest BCUT2D eigenvalue weighted by molar-refractivity contribution is 0.205. The zero-order valence-corrected chi connectivity index (χ0v) is 13.4. The van der Waals surface area contributed by atoms with Gasteiger partial charge in [0.1, 0.15) is 11.8 Å². The van der Waals surface area contributed by atoms with Crippen molar-refractivity contribution in [2.45, 2.75) is 37.6 Å². The second kappa shape index (κ2) is 5.44. The van der Waals surface area contributed by atoms with Crippen LogP contribution in [0.2, 0.25) is 0 Å². The molecule has 0 aromatic carbocycles. The quantitative estimate of drug-likeness (QED) is 0.436. The summed E-state index contributed by atoms with van der Waals surface area (Å²) in [6.45, 7) is 0. The fourth-order valence-corrected chi connectivity index (χ4v) is 3.34. The Morgan fingerprint density at radius 1 is 1.48 bits per heavy atom. The smallest absolute Gasteiger partial charge is 0.433 e. The van der Waals surface area contributed by atoms with Gasteiger partial charge in [0, 0.05) is 11.6 Å². The third-order valence-corrected chi connectivity index (χ3v) is 5.03. The average Bonchev–Trinajstić information content (AvgIpc) is 3.13. The molecule has 0 spiro atoms. The predicted molar refractivity (Wildman–Crippen MR) is 91.2 cm³/mol. The fraction of sp³-hybridized carbons (Fsp3) is 0.438. The normalized spacial score (nSPS) is 19.2. The van der Waals surface area contributed by atoms with Gasteiger partial charge < -0.3 is 16.2 Å². The van der Waals surface area contributed by atoms with Crippen LogP contribution in [0.25, 0.3) is 11.2 Å². The van der Waals surface area contributed by atoms with Crippen molar-refractivity contribution in [2.75, 3.05) is 5.32 Å². The standard InChI is InChI=1S/C16H17N7O2/c1-2-23-8-18-12-10(23)13(21-14(20-12)11(17)19-15(24)25)22-16(6-7-16)9-4-3-5-9/h1,8-9H,3-7H2,(H2,17,19)(H,24,25)(H,20,21,22). The summed E-state index contributed by atoms with van der Waals surface area (Å²) in [5, 5.41) is 12.3. The van der Waals surface area contributed by atoms with Crippen LogP contribution >= 0.6 is 0 Å². The number of anilines is 1. The van der Waals surface area contributed by atoms with Crippen molar-refractivity contribution in [3.05, 3.63) is 12.2 Å². The number of hydrogen-bond acceptors (Lipinski definition) is 5. The molecule has 2 aliphatic carbocycles. The highest BCUT2D eigenvalue weighted by Crippen LogP contribution is 2.52. The van der Waals surface area contributed by atoms with Crippen LogP contribution in [0.5, 0.6) is 0 Å².